The lowest BCUT2D eigenvalue weighted by atomic mass is 10.0. The van der Waals surface area contributed by atoms with Crippen molar-refractivity contribution in [3.8, 4) is 5.75 Å². The van der Waals surface area contributed by atoms with E-state index in [0.29, 0.717) is 13.1 Å². The van der Waals surface area contributed by atoms with Gasteiger partial charge in [0.05, 0.1) is 19.7 Å². The lowest BCUT2D eigenvalue weighted by Gasteiger charge is -2.32. The number of amides is 1. The number of hydrogen-bond acceptors (Lipinski definition) is 3. The first kappa shape index (κ1) is 17.2. The lowest BCUT2D eigenvalue weighted by molar-refractivity contribution is -0.132. The minimum absolute atomic E-state index is 0.00879. The number of carbonyl (C=O) groups is 1. The number of carbonyl (C=O) groups excluding carboxylic acids is 1. The lowest BCUT2D eigenvalue weighted by Crippen LogP contribution is -2.41. The molecule has 2 aromatic rings. The molecule has 0 fully saturated rings. The summed E-state index contributed by atoms with van der Waals surface area (Å²) in [7, 11) is 1.63. The molecule has 4 nitrogen and oxygen atoms in total. The fourth-order valence-corrected chi connectivity index (χ4v) is 2.89. The van der Waals surface area contributed by atoms with Crippen molar-refractivity contribution in [2.45, 2.75) is 12.6 Å². The van der Waals surface area contributed by atoms with Crippen LogP contribution in [-0.2, 0) is 11.3 Å². The molecule has 1 amide bonds. The SMILES string of the molecule is COc1ccc([C@@H]2/C=C\CNCC(=O)N2Cc2ccc(F)cc2)cc1. The molecule has 0 aromatic heterocycles. The van der Waals surface area contributed by atoms with Crippen LogP contribution in [0.3, 0.4) is 0 Å². The van der Waals surface area contributed by atoms with Gasteiger partial charge in [0.25, 0.3) is 0 Å². The predicted molar refractivity (Wildman–Crippen MR) is 94.7 cm³/mol. The smallest absolute Gasteiger partial charge is 0.237 e. The molecule has 0 radical (unpaired) electrons. The fourth-order valence-electron chi connectivity index (χ4n) is 2.89. The van der Waals surface area contributed by atoms with E-state index < -0.39 is 0 Å². The molecular formula is C20H21FN2O2. The Morgan fingerprint density at radius 2 is 1.88 bits per heavy atom. The predicted octanol–water partition coefficient (Wildman–Crippen LogP) is 3.06. The minimum atomic E-state index is -0.281. The molecule has 1 N–H and O–H groups in total. The summed E-state index contributed by atoms with van der Waals surface area (Å²) < 4.78 is 18.4. The summed E-state index contributed by atoms with van der Waals surface area (Å²) in [4.78, 5) is 14.5. The first-order valence-corrected chi connectivity index (χ1v) is 8.22. The average molecular weight is 340 g/mol. The van der Waals surface area contributed by atoms with E-state index in [4.69, 9.17) is 4.74 Å². The molecule has 0 bridgehead atoms. The normalized spacial score (nSPS) is 19.2. The van der Waals surface area contributed by atoms with E-state index in [-0.39, 0.29) is 24.3 Å². The molecule has 1 aliphatic heterocycles. The van der Waals surface area contributed by atoms with Gasteiger partial charge < -0.3 is 15.0 Å². The topological polar surface area (TPSA) is 41.6 Å². The van der Waals surface area contributed by atoms with E-state index >= 15 is 0 Å². The van der Waals surface area contributed by atoms with Gasteiger partial charge in [-0.3, -0.25) is 4.79 Å². The zero-order chi connectivity index (χ0) is 17.6. The van der Waals surface area contributed by atoms with Crippen molar-refractivity contribution in [1.29, 1.82) is 0 Å². The van der Waals surface area contributed by atoms with Crippen LogP contribution < -0.4 is 10.1 Å². The van der Waals surface area contributed by atoms with Crippen LogP contribution in [0.4, 0.5) is 4.39 Å². The van der Waals surface area contributed by atoms with Crippen LogP contribution in [0.2, 0.25) is 0 Å². The van der Waals surface area contributed by atoms with Crippen molar-refractivity contribution in [3.63, 3.8) is 0 Å². The molecule has 1 atom stereocenters. The first-order valence-electron chi connectivity index (χ1n) is 8.22. The Labute approximate surface area is 146 Å². The largest absolute Gasteiger partial charge is 0.497 e. The standard InChI is InChI=1S/C20H21FN2O2/c1-25-18-10-6-16(7-11-18)19-3-2-12-22-13-20(24)23(19)14-15-4-8-17(21)9-5-15/h2-11,19,22H,12-14H2,1H3/b3-2-/t19-/m0/s1. The van der Waals surface area contributed by atoms with Crippen LogP contribution in [0.15, 0.2) is 60.7 Å². The summed E-state index contributed by atoms with van der Waals surface area (Å²) in [6.07, 6.45) is 4.05. The Balaban J connectivity index is 1.92. The highest BCUT2D eigenvalue weighted by molar-refractivity contribution is 5.79. The summed E-state index contributed by atoms with van der Waals surface area (Å²) in [5, 5.41) is 3.09. The number of ether oxygens (including phenoxy) is 1. The molecule has 0 spiro atoms. The Morgan fingerprint density at radius 3 is 2.56 bits per heavy atom. The molecule has 0 saturated carbocycles. The van der Waals surface area contributed by atoms with Gasteiger partial charge in [-0.25, -0.2) is 4.39 Å². The second kappa shape index (κ2) is 7.94. The van der Waals surface area contributed by atoms with Crippen molar-refractivity contribution in [2.75, 3.05) is 20.2 Å². The second-order valence-corrected chi connectivity index (χ2v) is 5.93. The zero-order valence-corrected chi connectivity index (χ0v) is 14.1. The Hall–Kier alpha value is -2.66. The van der Waals surface area contributed by atoms with E-state index in [1.165, 1.54) is 12.1 Å². The average Bonchev–Trinajstić information content (AvgIpc) is 2.63. The molecule has 0 aliphatic carbocycles. The van der Waals surface area contributed by atoms with Crippen molar-refractivity contribution >= 4 is 5.91 Å². The van der Waals surface area contributed by atoms with Gasteiger partial charge in [-0.05, 0) is 35.4 Å². The van der Waals surface area contributed by atoms with Gasteiger partial charge in [-0.15, -0.1) is 0 Å². The van der Waals surface area contributed by atoms with Gasteiger partial charge in [-0.2, -0.15) is 0 Å². The number of hydrogen-bond donors (Lipinski definition) is 1. The molecule has 1 aliphatic rings. The van der Waals surface area contributed by atoms with Crippen molar-refractivity contribution in [3.05, 3.63) is 77.6 Å². The van der Waals surface area contributed by atoms with Crippen LogP contribution in [0, 0.1) is 5.82 Å². The number of nitrogens with zero attached hydrogens (tertiary/aromatic N) is 1. The Kier molecular flexibility index (Phi) is 5.46. The molecular weight excluding hydrogens is 319 g/mol. The van der Waals surface area contributed by atoms with Crippen molar-refractivity contribution in [1.82, 2.24) is 10.2 Å². The van der Waals surface area contributed by atoms with E-state index in [9.17, 15) is 9.18 Å². The minimum Gasteiger partial charge on any atom is -0.497 e. The Bertz CT molecular complexity index is 741. The van der Waals surface area contributed by atoms with E-state index in [0.717, 1.165) is 16.9 Å². The van der Waals surface area contributed by atoms with Crippen molar-refractivity contribution in [2.24, 2.45) is 0 Å². The number of rotatable bonds is 4. The number of methoxy groups -OCH3 is 1. The summed E-state index contributed by atoms with van der Waals surface area (Å²) in [5.74, 6) is 0.502. The molecule has 5 heteroatoms. The maximum absolute atomic E-state index is 13.2. The molecule has 25 heavy (non-hydrogen) atoms. The molecule has 2 aromatic carbocycles. The van der Waals surface area contributed by atoms with Gasteiger partial charge in [-0.1, -0.05) is 36.4 Å². The van der Waals surface area contributed by atoms with Gasteiger partial charge in [0.2, 0.25) is 5.91 Å². The number of nitrogens with one attached hydrogen (secondary N) is 1. The summed E-state index contributed by atoms with van der Waals surface area (Å²) in [5.41, 5.74) is 1.90. The first-order chi connectivity index (χ1) is 12.2. The number of benzene rings is 2. The summed E-state index contributed by atoms with van der Waals surface area (Å²) in [6, 6.07) is 13.8. The van der Waals surface area contributed by atoms with Gasteiger partial charge in [0.15, 0.2) is 0 Å². The van der Waals surface area contributed by atoms with Gasteiger partial charge in [0, 0.05) is 13.1 Å². The van der Waals surface area contributed by atoms with Crippen LogP contribution in [0.25, 0.3) is 0 Å². The van der Waals surface area contributed by atoms with E-state index in [1.54, 1.807) is 24.1 Å². The molecule has 130 valence electrons. The van der Waals surface area contributed by atoms with Crippen LogP contribution in [0.1, 0.15) is 17.2 Å². The highest BCUT2D eigenvalue weighted by Gasteiger charge is 2.24. The van der Waals surface area contributed by atoms with Crippen LogP contribution >= 0.6 is 0 Å². The maximum atomic E-state index is 13.2. The third-order valence-electron chi connectivity index (χ3n) is 4.24. The molecule has 0 saturated heterocycles. The quantitative estimate of drug-likeness (QED) is 0.870. The third kappa shape index (κ3) is 4.25. The Morgan fingerprint density at radius 1 is 1.16 bits per heavy atom. The summed E-state index contributed by atoms with van der Waals surface area (Å²) >= 11 is 0. The third-order valence-corrected chi connectivity index (χ3v) is 4.24. The highest BCUT2D eigenvalue weighted by Crippen LogP contribution is 2.27. The second-order valence-electron chi connectivity index (χ2n) is 5.93. The van der Waals surface area contributed by atoms with Crippen LogP contribution in [0.5, 0.6) is 5.75 Å². The molecule has 3 rings (SSSR count). The summed E-state index contributed by atoms with van der Waals surface area (Å²) in [6.45, 7) is 1.35. The van der Waals surface area contributed by atoms with E-state index in [1.807, 2.05) is 36.4 Å². The molecule has 0 unspecified atom stereocenters. The molecule has 1 heterocycles. The number of halogens is 1. The van der Waals surface area contributed by atoms with E-state index in [2.05, 4.69) is 5.32 Å². The fraction of sp³-hybridized carbons (Fsp3) is 0.250. The maximum Gasteiger partial charge on any atom is 0.237 e. The highest BCUT2D eigenvalue weighted by atomic mass is 19.1. The van der Waals surface area contributed by atoms with Crippen LogP contribution in [-0.4, -0.2) is 31.0 Å². The van der Waals surface area contributed by atoms with Gasteiger partial charge in [0.1, 0.15) is 11.6 Å². The zero-order valence-electron chi connectivity index (χ0n) is 14.1. The van der Waals surface area contributed by atoms with Gasteiger partial charge >= 0.3 is 0 Å². The van der Waals surface area contributed by atoms with Crippen molar-refractivity contribution < 1.29 is 13.9 Å². The monoisotopic (exact) mass is 340 g/mol.